The van der Waals surface area contributed by atoms with Gasteiger partial charge in [-0.3, -0.25) is 4.79 Å². The Morgan fingerprint density at radius 2 is 2.11 bits per heavy atom. The standard InChI is InChI=1S/C29H32ClN5O3/c1-29(13-24(36)37)16-35(23-7-5-4-6-20(23)29)27-21(30)14-31-28(33-27)32-22-12-18-15-34(2)11-10-19(18)25(17-8-9-17)26(22)38-3/h4-7,12,14,17H,8-11,13,15-16H2,1-3H3,(H,36,37)(H,31,32,33). The molecule has 0 spiro atoms. The van der Waals surface area contributed by atoms with Crippen molar-refractivity contribution in [3.8, 4) is 5.75 Å². The number of methoxy groups -OCH3 is 1. The molecule has 2 aliphatic heterocycles. The number of anilines is 4. The molecule has 1 aliphatic carbocycles. The van der Waals surface area contributed by atoms with Crippen molar-refractivity contribution in [2.45, 2.75) is 50.5 Å². The summed E-state index contributed by atoms with van der Waals surface area (Å²) in [5.41, 5.74) is 6.24. The van der Waals surface area contributed by atoms with Crippen molar-refractivity contribution in [3.05, 3.63) is 63.8 Å². The molecule has 9 heteroatoms. The Balaban J connectivity index is 1.39. The van der Waals surface area contributed by atoms with E-state index in [1.807, 2.05) is 36.1 Å². The lowest BCUT2D eigenvalue weighted by Crippen LogP contribution is -2.31. The SMILES string of the molecule is COc1c(Nc2ncc(Cl)c(N3CC(C)(CC(=O)O)c4ccccc43)n2)cc2c(c1C1CC1)CCN(C)C2. The third kappa shape index (κ3) is 4.35. The van der Waals surface area contributed by atoms with Crippen LogP contribution in [0.5, 0.6) is 5.75 Å². The number of para-hydroxylation sites is 1. The van der Waals surface area contributed by atoms with Crippen molar-refractivity contribution in [2.24, 2.45) is 0 Å². The first kappa shape index (κ1) is 24.9. The number of nitrogens with one attached hydrogen (secondary N) is 1. The monoisotopic (exact) mass is 533 g/mol. The molecular weight excluding hydrogens is 502 g/mol. The lowest BCUT2D eigenvalue weighted by atomic mass is 9.81. The van der Waals surface area contributed by atoms with Crippen LogP contribution in [-0.4, -0.2) is 53.2 Å². The molecule has 0 bridgehead atoms. The van der Waals surface area contributed by atoms with Gasteiger partial charge in [-0.15, -0.1) is 0 Å². The lowest BCUT2D eigenvalue weighted by molar-refractivity contribution is -0.138. The van der Waals surface area contributed by atoms with Crippen molar-refractivity contribution < 1.29 is 14.6 Å². The predicted octanol–water partition coefficient (Wildman–Crippen LogP) is 5.63. The Labute approximate surface area is 227 Å². The molecule has 3 aliphatic rings. The molecule has 0 radical (unpaired) electrons. The molecule has 1 unspecified atom stereocenters. The number of ether oxygens (including phenoxy) is 1. The van der Waals surface area contributed by atoms with Crippen LogP contribution in [0.3, 0.4) is 0 Å². The van der Waals surface area contributed by atoms with E-state index in [0.29, 0.717) is 29.3 Å². The summed E-state index contributed by atoms with van der Waals surface area (Å²) in [6, 6.07) is 10.0. The highest BCUT2D eigenvalue weighted by Crippen LogP contribution is 2.51. The molecule has 0 saturated heterocycles. The number of hydrogen-bond acceptors (Lipinski definition) is 7. The Kier molecular flexibility index (Phi) is 6.19. The molecule has 2 N–H and O–H groups in total. The number of hydrogen-bond donors (Lipinski definition) is 2. The highest BCUT2D eigenvalue weighted by atomic mass is 35.5. The smallest absolute Gasteiger partial charge is 0.304 e. The van der Waals surface area contributed by atoms with Crippen molar-refractivity contribution in [2.75, 3.05) is 37.5 Å². The van der Waals surface area contributed by atoms with Crippen LogP contribution < -0.4 is 15.0 Å². The summed E-state index contributed by atoms with van der Waals surface area (Å²) in [6.45, 7) is 4.37. The summed E-state index contributed by atoms with van der Waals surface area (Å²) in [7, 11) is 3.88. The van der Waals surface area contributed by atoms with Crippen LogP contribution >= 0.6 is 11.6 Å². The first-order valence-electron chi connectivity index (χ1n) is 13.1. The zero-order valence-electron chi connectivity index (χ0n) is 21.9. The number of likely N-dealkylation sites (N-methyl/N-ethyl adjacent to an activating group) is 1. The number of carboxylic acids is 1. The fourth-order valence-electron chi connectivity index (χ4n) is 6.15. The zero-order valence-corrected chi connectivity index (χ0v) is 22.7. The molecule has 2 aromatic carbocycles. The molecular formula is C29H32ClN5O3. The highest BCUT2D eigenvalue weighted by molar-refractivity contribution is 6.33. The molecule has 1 aromatic heterocycles. The maximum atomic E-state index is 11.7. The maximum Gasteiger partial charge on any atom is 0.304 e. The van der Waals surface area contributed by atoms with Gasteiger partial charge in [-0.1, -0.05) is 36.7 Å². The van der Waals surface area contributed by atoms with Crippen molar-refractivity contribution in [3.63, 3.8) is 0 Å². The quantitative estimate of drug-likeness (QED) is 0.404. The number of carboxylic acid groups (broad SMARTS) is 1. The molecule has 1 atom stereocenters. The van der Waals surface area contributed by atoms with E-state index >= 15 is 0 Å². The van der Waals surface area contributed by atoms with Crippen LogP contribution in [0.15, 0.2) is 36.5 Å². The predicted molar refractivity (Wildman–Crippen MR) is 148 cm³/mol. The normalized spacial score (nSPS) is 20.7. The largest absolute Gasteiger partial charge is 0.494 e. The molecule has 3 aromatic rings. The minimum absolute atomic E-state index is 0.0129. The number of aliphatic carboxylic acids is 1. The van der Waals surface area contributed by atoms with E-state index in [1.54, 1.807) is 13.3 Å². The first-order chi connectivity index (χ1) is 18.3. The van der Waals surface area contributed by atoms with Gasteiger partial charge in [0.2, 0.25) is 5.95 Å². The number of nitrogens with zero attached hydrogens (tertiary/aromatic N) is 4. The van der Waals surface area contributed by atoms with Crippen molar-refractivity contribution >= 4 is 40.7 Å². The number of fused-ring (bicyclic) bond motifs is 2. The van der Waals surface area contributed by atoms with Crippen molar-refractivity contribution in [1.29, 1.82) is 0 Å². The molecule has 1 saturated carbocycles. The van der Waals surface area contributed by atoms with Gasteiger partial charge >= 0.3 is 5.97 Å². The van der Waals surface area contributed by atoms with E-state index in [0.717, 1.165) is 42.2 Å². The van der Waals surface area contributed by atoms with E-state index < -0.39 is 11.4 Å². The van der Waals surface area contributed by atoms with Gasteiger partial charge in [0.05, 0.1) is 25.4 Å². The van der Waals surface area contributed by atoms with Gasteiger partial charge in [0, 0.05) is 36.3 Å². The molecule has 8 nitrogen and oxygen atoms in total. The van der Waals surface area contributed by atoms with Crippen LogP contribution in [0.25, 0.3) is 0 Å². The van der Waals surface area contributed by atoms with Crippen LogP contribution in [0.4, 0.5) is 23.1 Å². The van der Waals surface area contributed by atoms with Gasteiger partial charge in [-0.2, -0.15) is 4.98 Å². The summed E-state index contributed by atoms with van der Waals surface area (Å²) in [5, 5.41) is 13.4. The molecule has 198 valence electrons. The summed E-state index contributed by atoms with van der Waals surface area (Å²) in [4.78, 5) is 25.4. The van der Waals surface area contributed by atoms with E-state index in [-0.39, 0.29) is 6.42 Å². The van der Waals surface area contributed by atoms with E-state index in [1.165, 1.54) is 29.5 Å². The number of carbonyl (C=O) groups is 1. The molecule has 1 fully saturated rings. The van der Waals surface area contributed by atoms with Gasteiger partial charge in [0.15, 0.2) is 5.82 Å². The number of aromatic nitrogens is 2. The van der Waals surface area contributed by atoms with Gasteiger partial charge in [-0.25, -0.2) is 4.98 Å². The lowest BCUT2D eigenvalue weighted by Gasteiger charge is -2.29. The van der Waals surface area contributed by atoms with Gasteiger partial charge in [0.1, 0.15) is 10.8 Å². The van der Waals surface area contributed by atoms with Crippen LogP contribution in [-0.2, 0) is 23.2 Å². The summed E-state index contributed by atoms with van der Waals surface area (Å²) in [6.07, 6.45) is 5.01. The van der Waals surface area contributed by atoms with E-state index in [4.69, 9.17) is 21.3 Å². The summed E-state index contributed by atoms with van der Waals surface area (Å²) >= 11 is 6.65. The topological polar surface area (TPSA) is 90.8 Å². The second-order valence-corrected chi connectivity index (χ2v) is 11.4. The molecule has 0 amide bonds. The Morgan fingerprint density at radius 3 is 2.84 bits per heavy atom. The second-order valence-electron chi connectivity index (χ2n) is 11.0. The third-order valence-corrected chi connectivity index (χ3v) is 8.28. The maximum absolute atomic E-state index is 11.7. The molecule has 38 heavy (non-hydrogen) atoms. The Bertz CT molecular complexity index is 1430. The minimum Gasteiger partial charge on any atom is -0.494 e. The van der Waals surface area contributed by atoms with Gasteiger partial charge < -0.3 is 25.0 Å². The summed E-state index contributed by atoms with van der Waals surface area (Å²) in [5.74, 6) is 1.54. The molecule has 3 heterocycles. The Morgan fingerprint density at radius 1 is 1.32 bits per heavy atom. The van der Waals surface area contributed by atoms with Crippen LogP contribution in [0.2, 0.25) is 5.02 Å². The number of benzene rings is 2. The summed E-state index contributed by atoms with van der Waals surface area (Å²) < 4.78 is 5.98. The third-order valence-electron chi connectivity index (χ3n) is 8.02. The van der Waals surface area contributed by atoms with Gasteiger partial charge in [-0.05, 0) is 61.1 Å². The average molecular weight is 534 g/mol. The van der Waals surface area contributed by atoms with Gasteiger partial charge in [0.25, 0.3) is 0 Å². The van der Waals surface area contributed by atoms with E-state index in [9.17, 15) is 9.90 Å². The zero-order chi connectivity index (χ0) is 26.6. The fraction of sp³-hybridized carbons (Fsp3) is 0.414. The fourth-order valence-corrected chi connectivity index (χ4v) is 6.34. The van der Waals surface area contributed by atoms with Crippen molar-refractivity contribution in [1.82, 2.24) is 14.9 Å². The minimum atomic E-state index is -0.836. The second kappa shape index (κ2) is 9.43. The molecule has 6 rings (SSSR count). The number of halogens is 1. The number of rotatable bonds is 7. The average Bonchev–Trinajstić information content (AvgIpc) is 3.68. The van der Waals surface area contributed by atoms with E-state index in [2.05, 4.69) is 28.3 Å². The van der Waals surface area contributed by atoms with Crippen LogP contribution in [0.1, 0.15) is 54.4 Å². The first-order valence-corrected chi connectivity index (χ1v) is 13.4. The Hall–Kier alpha value is -3.36. The van der Waals surface area contributed by atoms with Crippen LogP contribution in [0, 0.1) is 0 Å². The highest BCUT2D eigenvalue weighted by Gasteiger charge is 2.42.